The van der Waals surface area contributed by atoms with Crippen molar-refractivity contribution < 1.29 is 14.3 Å². The van der Waals surface area contributed by atoms with Crippen LogP contribution in [0.5, 0.6) is 0 Å². The van der Waals surface area contributed by atoms with Crippen molar-refractivity contribution in [3.05, 3.63) is 83.9 Å². The van der Waals surface area contributed by atoms with Gasteiger partial charge < -0.3 is 14.3 Å². The SMILES string of the molecule is CCCCC[C@@H](/C=C/[C@@H]1C2CON=C2C[C@H]1OCc1ccccc1)OCc1ccccc1. The van der Waals surface area contributed by atoms with E-state index in [2.05, 4.69) is 72.8 Å². The fourth-order valence-corrected chi connectivity index (χ4v) is 4.55. The minimum Gasteiger partial charge on any atom is -0.395 e. The molecule has 4 atom stereocenters. The number of hydrogen-bond donors (Lipinski definition) is 0. The molecule has 170 valence electrons. The van der Waals surface area contributed by atoms with Gasteiger partial charge >= 0.3 is 0 Å². The molecule has 2 aliphatic rings. The molecule has 1 heterocycles. The number of ether oxygens (including phenoxy) is 2. The van der Waals surface area contributed by atoms with Crippen LogP contribution in [0.25, 0.3) is 0 Å². The lowest BCUT2D eigenvalue weighted by atomic mass is 9.93. The molecule has 0 saturated heterocycles. The first-order valence-corrected chi connectivity index (χ1v) is 12.0. The molecule has 0 N–H and O–H groups in total. The standard InChI is InChI=1S/C28H35NO3/c1-2-3-6-15-24(30-19-22-11-7-4-8-12-22)16-17-25-26-21-32-29-27(26)18-28(25)31-20-23-13-9-5-10-14-23/h4-5,7-14,16-17,24-26,28H,2-3,6,15,18-21H2,1H3/b17-16+/t24-,25+,26?,28+/m0/s1. The maximum Gasteiger partial charge on any atom is 0.126 e. The van der Waals surface area contributed by atoms with Gasteiger partial charge in [-0.1, -0.05) is 104 Å². The van der Waals surface area contributed by atoms with E-state index < -0.39 is 0 Å². The van der Waals surface area contributed by atoms with Crippen LogP contribution in [0.2, 0.25) is 0 Å². The number of hydrogen-bond acceptors (Lipinski definition) is 4. The Morgan fingerprint density at radius 1 is 1.00 bits per heavy atom. The molecule has 4 nitrogen and oxygen atoms in total. The number of oxime groups is 1. The highest BCUT2D eigenvalue weighted by molar-refractivity contribution is 5.90. The summed E-state index contributed by atoms with van der Waals surface area (Å²) in [7, 11) is 0. The van der Waals surface area contributed by atoms with Crippen molar-refractivity contribution in [2.45, 2.75) is 64.4 Å². The van der Waals surface area contributed by atoms with Crippen LogP contribution in [0.15, 0.2) is 78.0 Å². The third-order valence-electron chi connectivity index (χ3n) is 6.42. The van der Waals surface area contributed by atoms with Gasteiger partial charge in [0, 0.05) is 18.3 Å². The van der Waals surface area contributed by atoms with E-state index in [0.717, 1.165) is 18.6 Å². The van der Waals surface area contributed by atoms with Crippen molar-refractivity contribution in [3.63, 3.8) is 0 Å². The van der Waals surface area contributed by atoms with Crippen LogP contribution in [0.1, 0.15) is 50.2 Å². The highest BCUT2D eigenvalue weighted by Crippen LogP contribution is 2.37. The number of benzene rings is 2. The third-order valence-corrected chi connectivity index (χ3v) is 6.42. The van der Waals surface area contributed by atoms with Gasteiger partial charge in [0.1, 0.15) is 6.61 Å². The highest BCUT2D eigenvalue weighted by Gasteiger charge is 2.43. The van der Waals surface area contributed by atoms with Gasteiger partial charge in [0.25, 0.3) is 0 Å². The lowest BCUT2D eigenvalue weighted by Gasteiger charge is -2.21. The van der Waals surface area contributed by atoms with Gasteiger partial charge in [0.15, 0.2) is 0 Å². The summed E-state index contributed by atoms with van der Waals surface area (Å²) in [6, 6.07) is 20.8. The summed E-state index contributed by atoms with van der Waals surface area (Å²) in [4.78, 5) is 5.41. The van der Waals surface area contributed by atoms with Crippen molar-refractivity contribution in [2.75, 3.05) is 6.61 Å². The summed E-state index contributed by atoms with van der Waals surface area (Å²) in [6.45, 7) is 4.16. The predicted molar refractivity (Wildman–Crippen MR) is 128 cm³/mol. The average molecular weight is 434 g/mol. The Labute approximate surface area is 192 Å². The Morgan fingerprint density at radius 2 is 1.72 bits per heavy atom. The van der Waals surface area contributed by atoms with E-state index in [-0.39, 0.29) is 18.1 Å². The Hall–Kier alpha value is -2.43. The van der Waals surface area contributed by atoms with Crippen molar-refractivity contribution in [2.24, 2.45) is 17.0 Å². The molecule has 1 aliphatic carbocycles. The van der Waals surface area contributed by atoms with E-state index in [0.29, 0.717) is 25.7 Å². The zero-order chi connectivity index (χ0) is 22.0. The molecule has 4 heteroatoms. The minimum atomic E-state index is 0.111. The monoisotopic (exact) mass is 433 g/mol. The molecule has 1 saturated carbocycles. The van der Waals surface area contributed by atoms with Crippen molar-refractivity contribution in [1.29, 1.82) is 0 Å². The molecule has 0 bridgehead atoms. The van der Waals surface area contributed by atoms with Gasteiger partial charge in [-0.05, 0) is 17.5 Å². The van der Waals surface area contributed by atoms with E-state index in [1.165, 1.54) is 30.4 Å². The summed E-state index contributed by atoms with van der Waals surface area (Å²) < 4.78 is 12.7. The van der Waals surface area contributed by atoms with Crippen LogP contribution in [-0.4, -0.2) is 24.5 Å². The van der Waals surface area contributed by atoms with Gasteiger partial charge in [0.2, 0.25) is 0 Å². The van der Waals surface area contributed by atoms with Crippen LogP contribution >= 0.6 is 0 Å². The zero-order valence-electron chi connectivity index (χ0n) is 19.1. The first-order valence-electron chi connectivity index (χ1n) is 12.0. The van der Waals surface area contributed by atoms with Gasteiger partial charge in [0.05, 0.1) is 31.1 Å². The highest BCUT2D eigenvalue weighted by atomic mass is 16.6. The fourth-order valence-electron chi connectivity index (χ4n) is 4.55. The molecule has 4 rings (SSSR count). The maximum atomic E-state index is 6.37. The third kappa shape index (κ3) is 6.30. The van der Waals surface area contributed by atoms with Crippen molar-refractivity contribution in [1.82, 2.24) is 0 Å². The molecule has 1 fully saturated rings. The maximum absolute atomic E-state index is 6.37. The second-order valence-corrected chi connectivity index (χ2v) is 8.82. The van der Waals surface area contributed by atoms with Crippen LogP contribution in [-0.2, 0) is 27.5 Å². The molecule has 1 unspecified atom stereocenters. The second kappa shape index (κ2) is 12.0. The lowest BCUT2D eigenvalue weighted by Crippen LogP contribution is -2.23. The van der Waals surface area contributed by atoms with Crippen molar-refractivity contribution in [3.8, 4) is 0 Å². The summed E-state index contributed by atoms with van der Waals surface area (Å²) in [5.41, 5.74) is 3.56. The largest absolute Gasteiger partial charge is 0.395 e. The number of unbranched alkanes of at least 4 members (excludes halogenated alkanes) is 2. The first kappa shape index (κ1) is 22.8. The molecule has 0 radical (unpaired) electrons. The molecular weight excluding hydrogens is 398 g/mol. The summed E-state index contributed by atoms with van der Waals surface area (Å²) >= 11 is 0. The molecule has 0 amide bonds. The molecule has 1 aliphatic heterocycles. The number of nitrogens with zero attached hydrogens (tertiary/aromatic N) is 1. The molecule has 32 heavy (non-hydrogen) atoms. The van der Waals surface area contributed by atoms with Gasteiger partial charge in [-0.15, -0.1) is 0 Å². The van der Waals surface area contributed by atoms with E-state index in [4.69, 9.17) is 14.3 Å². The summed E-state index contributed by atoms with van der Waals surface area (Å²) in [5.74, 6) is 0.589. The Kier molecular flexibility index (Phi) is 8.52. The molecule has 2 aromatic carbocycles. The fraction of sp³-hybridized carbons (Fsp3) is 0.464. The number of fused-ring (bicyclic) bond motifs is 1. The van der Waals surface area contributed by atoms with E-state index in [1.54, 1.807) is 0 Å². The molecule has 0 aromatic heterocycles. The topological polar surface area (TPSA) is 40.0 Å². The van der Waals surface area contributed by atoms with Gasteiger partial charge in [-0.25, -0.2) is 0 Å². The Morgan fingerprint density at radius 3 is 2.44 bits per heavy atom. The molecule has 2 aromatic rings. The average Bonchev–Trinajstić information content (AvgIpc) is 3.42. The molecular formula is C28H35NO3. The number of rotatable bonds is 12. The van der Waals surface area contributed by atoms with Crippen molar-refractivity contribution >= 4 is 5.71 Å². The minimum absolute atomic E-state index is 0.111. The van der Waals surface area contributed by atoms with Crippen LogP contribution < -0.4 is 0 Å². The smallest absolute Gasteiger partial charge is 0.126 e. The van der Waals surface area contributed by atoms with Crippen LogP contribution in [0.3, 0.4) is 0 Å². The first-order chi connectivity index (χ1) is 15.8. The van der Waals surface area contributed by atoms with Gasteiger partial charge in [-0.3, -0.25) is 0 Å². The van der Waals surface area contributed by atoms with E-state index in [1.807, 2.05) is 12.1 Å². The van der Waals surface area contributed by atoms with Gasteiger partial charge in [-0.2, -0.15) is 0 Å². The van der Waals surface area contributed by atoms with E-state index >= 15 is 0 Å². The molecule has 0 spiro atoms. The summed E-state index contributed by atoms with van der Waals surface area (Å²) in [5, 5.41) is 4.29. The Bertz CT molecular complexity index is 865. The predicted octanol–water partition coefficient (Wildman–Crippen LogP) is 6.32. The Balaban J connectivity index is 1.40. The quantitative estimate of drug-likeness (QED) is 0.291. The normalized spacial score (nSPS) is 23.2. The van der Waals surface area contributed by atoms with E-state index in [9.17, 15) is 0 Å². The van der Waals surface area contributed by atoms with Crippen LogP contribution in [0, 0.1) is 11.8 Å². The lowest BCUT2D eigenvalue weighted by molar-refractivity contribution is 0.0120. The zero-order valence-corrected chi connectivity index (χ0v) is 19.1. The van der Waals surface area contributed by atoms with Crippen LogP contribution in [0.4, 0.5) is 0 Å². The second-order valence-electron chi connectivity index (χ2n) is 8.82. The summed E-state index contributed by atoms with van der Waals surface area (Å²) in [6.07, 6.45) is 10.3.